The minimum Gasteiger partial charge on any atom is -0.308 e. The molecule has 0 amide bonds. The van der Waals surface area contributed by atoms with Crippen LogP contribution in [-0.2, 0) is 13.6 Å². The minimum atomic E-state index is 0.702. The summed E-state index contributed by atoms with van der Waals surface area (Å²) in [6.07, 6.45) is 7.36. The van der Waals surface area contributed by atoms with Crippen molar-refractivity contribution in [3.63, 3.8) is 0 Å². The average molecular weight is 207 g/mol. The Morgan fingerprint density at radius 2 is 2.27 bits per heavy atom. The summed E-state index contributed by atoms with van der Waals surface area (Å²) in [6.45, 7) is 3.31. The Hall–Kier alpha value is -0.830. The molecule has 0 radical (unpaired) electrons. The van der Waals surface area contributed by atoms with Gasteiger partial charge >= 0.3 is 0 Å². The molecule has 0 bridgehead atoms. The van der Waals surface area contributed by atoms with E-state index in [1.807, 2.05) is 17.9 Å². The van der Waals surface area contributed by atoms with E-state index in [2.05, 4.69) is 23.4 Å². The fraction of sp³-hybridized carbons (Fsp3) is 0.750. The summed E-state index contributed by atoms with van der Waals surface area (Å²) >= 11 is 0. The molecule has 3 heteroatoms. The van der Waals surface area contributed by atoms with Gasteiger partial charge in [0.05, 0.1) is 5.69 Å². The second-order valence-electron chi connectivity index (χ2n) is 4.70. The van der Waals surface area contributed by atoms with Gasteiger partial charge in [0.15, 0.2) is 0 Å². The quantitative estimate of drug-likeness (QED) is 0.822. The van der Waals surface area contributed by atoms with Crippen LogP contribution in [0.2, 0.25) is 0 Å². The van der Waals surface area contributed by atoms with Crippen molar-refractivity contribution in [2.45, 2.75) is 45.2 Å². The van der Waals surface area contributed by atoms with E-state index in [0.29, 0.717) is 6.04 Å². The normalized spacial score (nSPS) is 26.8. The van der Waals surface area contributed by atoms with Gasteiger partial charge < -0.3 is 5.32 Å². The van der Waals surface area contributed by atoms with Crippen LogP contribution in [0.3, 0.4) is 0 Å². The Bertz CT molecular complexity index is 306. The minimum absolute atomic E-state index is 0.702. The summed E-state index contributed by atoms with van der Waals surface area (Å²) < 4.78 is 1.94. The van der Waals surface area contributed by atoms with Crippen LogP contribution in [0, 0.1) is 5.92 Å². The van der Waals surface area contributed by atoms with Gasteiger partial charge in [0.1, 0.15) is 0 Å². The number of nitrogens with zero attached hydrogens (tertiary/aromatic N) is 2. The van der Waals surface area contributed by atoms with Crippen LogP contribution in [0.1, 0.15) is 38.3 Å². The van der Waals surface area contributed by atoms with Gasteiger partial charge in [-0.05, 0) is 24.8 Å². The van der Waals surface area contributed by atoms with Crippen LogP contribution >= 0.6 is 0 Å². The van der Waals surface area contributed by atoms with Crippen LogP contribution in [-0.4, -0.2) is 15.8 Å². The zero-order valence-electron chi connectivity index (χ0n) is 9.74. The molecule has 1 saturated carbocycles. The van der Waals surface area contributed by atoms with Crippen molar-refractivity contribution < 1.29 is 0 Å². The maximum atomic E-state index is 4.18. The third-order valence-corrected chi connectivity index (χ3v) is 3.58. The molecule has 0 spiro atoms. The first-order valence-corrected chi connectivity index (χ1v) is 5.97. The molecule has 84 valence electrons. The topological polar surface area (TPSA) is 29.9 Å². The third-order valence-electron chi connectivity index (χ3n) is 3.58. The molecule has 1 aromatic rings. The third kappa shape index (κ3) is 2.59. The maximum Gasteiger partial charge on any atom is 0.0518 e. The summed E-state index contributed by atoms with van der Waals surface area (Å²) in [5, 5.41) is 7.83. The molecule has 3 nitrogen and oxygen atoms in total. The zero-order chi connectivity index (χ0) is 10.7. The first-order chi connectivity index (χ1) is 7.27. The molecule has 1 fully saturated rings. The highest BCUT2D eigenvalue weighted by molar-refractivity contribution is 4.99. The Labute approximate surface area is 91.9 Å². The highest BCUT2D eigenvalue weighted by Gasteiger charge is 2.20. The summed E-state index contributed by atoms with van der Waals surface area (Å²) in [4.78, 5) is 0. The van der Waals surface area contributed by atoms with E-state index in [1.165, 1.54) is 31.4 Å². The van der Waals surface area contributed by atoms with Crippen LogP contribution in [0.5, 0.6) is 0 Å². The SMILES string of the molecule is CC1CCCCC1NCc1ccnn1C. The Morgan fingerprint density at radius 3 is 2.93 bits per heavy atom. The molecular formula is C12H21N3. The largest absolute Gasteiger partial charge is 0.308 e. The van der Waals surface area contributed by atoms with Crippen molar-refractivity contribution in [2.24, 2.45) is 13.0 Å². The van der Waals surface area contributed by atoms with Gasteiger partial charge in [0.25, 0.3) is 0 Å². The van der Waals surface area contributed by atoms with Gasteiger partial charge in [-0.2, -0.15) is 5.10 Å². The summed E-state index contributed by atoms with van der Waals surface area (Å²) in [5.41, 5.74) is 1.27. The highest BCUT2D eigenvalue weighted by atomic mass is 15.3. The number of aryl methyl sites for hydroxylation is 1. The molecule has 1 aliphatic carbocycles. The Morgan fingerprint density at radius 1 is 1.47 bits per heavy atom. The van der Waals surface area contributed by atoms with Crippen molar-refractivity contribution in [3.8, 4) is 0 Å². The average Bonchev–Trinajstić information content (AvgIpc) is 2.63. The standard InChI is InChI=1S/C12H21N3/c1-10-5-3-4-6-12(10)13-9-11-7-8-14-15(11)2/h7-8,10,12-13H,3-6,9H2,1-2H3. The van der Waals surface area contributed by atoms with Crippen LogP contribution < -0.4 is 5.32 Å². The Balaban J connectivity index is 1.84. The molecule has 0 aromatic carbocycles. The molecule has 0 aliphatic heterocycles. The van der Waals surface area contributed by atoms with Crippen molar-refractivity contribution in [1.29, 1.82) is 0 Å². The first-order valence-electron chi connectivity index (χ1n) is 5.97. The maximum absolute atomic E-state index is 4.18. The molecule has 1 aromatic heterocycles. The first kappa shape index (κ1) is 10.7. The molecule has 2 unspecified atom stereocenters. The Kier molecular flexibility index (Phi) is 3.41. The number of hydrogen-bond acceptors (Lipinski definition) is 2. The van der Waals surface area contributed by atoms with Crippen molar-refractivity contribution >= 4 is 0 Å². The van der Waals surface area contributed by atoms with Crippen molar-refractivity contribution in [2.75, 3.05) is 0 Å². The molecule has 15 heavy (non-hydrogen) atoms. The number of nitrogens with one attached hydrogen (secondary N) is 1. The number of rotatable bonds is 3. The van der Waals surface area contributed by atoms with E-state index >= 15 is 0 Å². The second kappa shape index (κ2) is 4.79. The smallest absolute Gasteiger partial charge is 0.0518 e. The highest BCUT2D eigenvalue weighted by Crippen LogP contribution is 2.23. The van der Waals surface area contributed by atoms with E-state index in [9.17, 15) is 0 Å². The molecule has 1 N–H and O–H groups in total. The lowest BCUT2D eigenvalue weighted by atomic mass is 9.86. The van der Waals surface area contributed by atoms with E-state index in [1.54, 1.807) is 0 Å². The predicted molar refractivity (Wildman–Crippen MR) is 61.5 cm³/mol. The van der Waals surface area contributed by atoms with Crippen LogP contribution in [0.15, 0.2) is 12.3 Å². The van der Waals surface area contributed by atoms with E-state index in [0.717, 1.165) is 12.5 Å². The lowest BCUT2D eigenvalue weighted by Crippen LogP contribution is -2.37. The summed E-state index contributed by atoms with van der Waals surface area (Å²) in [7, 11) is 2.00. The molecule has 1 heterocycles. The number of hydrogen-bond donors (Lipinski definition) is 1. The lowest BCUT2D eigenvalue weighted by Gasteiger charge is -2.29. The monoisotopic (exact) mass is 207 g/mol. The van der Waals surface area contributed by atoms with Gasteiger partial charge in [-0.25, -0.2) is 0 Å². The zero-order valence-corrected chi connectivity index (χ0v) is 9.74. The molecular weight excluding hydrogens is 186 g/mol. The second-order valence-corrected chi connectivity index (χ2v) is 4.70. The van der Waals surface area contributed by atoms with Gasteiger partial charge in [-0.15, -0.1) is 0 Å². The predicted octanol–water partition coefficient (Wildman–Crippen LogP) is 2.09. The molecule has 1 aliphatic rings. The fourth-order valence-corrected chi connectivity index (χ4v) is 2.43. The van der Waals surface area contributed by atoms with E-state index in [-0.39, 0.29) is 0 Å². The van der Waals surface area contributed by atoms with Crippen LogP contribution in [0.25, 0.3) is 0 Å². The van der Waals surface area contributed by atoms with Gasteiger partial charge in [-0.3, -0.25) is 4.68 Å². The number of aromatic nitrogens is 2. The van der Waals surface area contributed by atoms with Gasteiger partial charge in [0, 0.05) is 25.8 Å². The molecule has 0 saturated heterocycles. The molecule has 2 atom stereocenters. The van der Waals surface area contributed by atoms with Crippen molar-refractivity contribution in [3.05, 3.63) is 18.0 Å². The van der Waals surface area contributed by atoms with Crippen molar-refractivity contribution in [1.82, 2.24) is 15.1 Å². The van der Waals surface area contributed by atoms with Gasteiger partial charge in [0.2, 0.25) is 0 Å². The molecule has 2 rings (SSSR count). The fourth-order valence-electron chi connectivity index (χ4n) is 2.43. The summed E-state index contributed by atoms with van der Waals surface area (Å²) in [6, 6.07) is 2.79. The lowest BCUT2D eigenvalue weighted by molar-refractivity contribution is 0.277. The van der Waals surface area contributed by atoms with E-state index < -0.39 is 0 Å². The van der Waals surface area contributed by atoms with E-state index in [4.69, 9.17) is 0 Å². The van der Waals surface area contributed by atoms with Gasteiger partial charge in [-0.1, -0.05) is 19.8 Å². The summed E-state index contributed by atoms with van der Waals surface area (Å²) in [5.74, 6) is 0.826. The van der Waals surface area contributed by atoms with Crippen LogP contribution in [0.4, 0.5) is 0 Å².